The van der Waals surface area contributed by atoms with E-state index in [1.807, 2.05) is 42.3 Å². The highest BCUT2D eigenvalue weighted by atomic mass is 16.2. The van der Waals surface area contributed by atoms with Crippen molar-refractivity contribution < 1.29 is 4.79 Å². The summed E-state index contributed by atoms with van der Waals surface area (Å²) >= 11 is 0. The second kappa shape index (κ2) is 6.55. The molecule has 1 unspecified atom stereocenters. The van der Waals surface area contributed by atoms with Crippen LogP contribution in [0.5, 0.6) is 0 Å². The molecular weight excluding hydrogens is 346 g/mol. The van der Waals surface area contributed by atoms with Crippen LogP contribution in [0.15, 0.2) is 48.5 Å². The Labute approximate surface area is 164 Å². The third-order valence-corrected chi connectivity index (χ3v) is 6.18. The number of amides is 1. The van der Waals surface area contributed by atoms with Gasteiger partial charge in [-0.15, -0.1) is 0 Å². The highest BCUT2D eigenvalue weighted by Gasteiger charge is 2.27. The molecule has 2 N–H and O–H groups in total. The van der Waals surface area contributed by atoms with Gasteiger partial charge in [0, 0.05) is 47.0 Å². The van der Waals surface area contributed by atoms with Crippen LogP contribution in [-0.4, -0.2) is 33.9 Å². The van der Waals surface area contributed by atoms with Crippen molar-refractivity contribution in [3.63, 3.8) is 0 Å². The molecule has 1 aliphatic carbocycles. The molecule has 4 heteroatoms. The molecule has 28 heavy (non-hydrogen) atoms. The van der Waals surface area contributed by atoms with Crippen LogP contribution in [0.4, 0.5) is 0 Å². The van der Waals surface area contributed by atoms with Gasteiger partial charge >= 0.3 is 0 Å². The molecule has 1 amide bonds. The molecule has 4 nitrogen and oxygen atoms in total. The van der Waals surface area contributed by atoms with Gasteiger partial charge in [-0.05, 0) is 56.0 Å². The number of carbonyl (C=O) groups is 1. The van der Waals surface area contributed by atoms with Crippen LogP contribution in [-0.2, 0) is 12.8 Å². The second-order valence-electron chi connectivity index (χ2n) is 8.07. The fourth-order valence-electron chi connectivity index (χ4n) is 4.60. The summed E-state index contributed by atoms with van der Waals surface area (Å²) in [6.07, 6.45) is 4.08. The summed E-state index contributed by atoms with van der Waals surface area (Å²) in [5.41, 5.74) is 6.91. The Morgan fingerprint density at radius 1 is 1.07 bits per heavy atom. The minimum atomic E-state index is 0.0663. The molecule has 0 radical (unpaired) electrons. The fourth-order valence-corrected chi connectivity index (χ4v) is 4.60. The maximum Gasteiger partial charge on any atom is 0.270 e. The molecule has 0 bridgehead atoms. The number of nitrogens with one attached hydrogen (secondary N) is 2. The Morgan fingerprint density at radius 2 is 1.93 bits per heavy atom. The Balaban J connectivity index is 1.44. The maximum absolute atomic E-state index is 13.1. The molecule has 0 saturated heterocycles. The van der Waals surface area contributed by atoms with Gasteiger partial charge in [0.25, 0.3) is 5.91 Å². The quantitative estimate of drug-likeness (QED) is 0.480. The van der Waals surface area contributed by atoms with Gasteiger partial charge in [0.05, 0.1) is 0 Å². The summed E-state index contributed by atoms with van der Waals surface area (Å²) in [6.45, 7) is 2.14. The molecule has 1 atom stereocenters. The van der Waals surface area contributed by atoms with Crippen LogP contribution < -0.4 is 0 Å². The molecule has 0 fully saturated rings. The first-order chi connectivity index (χ1) is 13.6. The highest BCUT2D eigenvalue weighted by Crippen LogP contribution is 2.31. The van der Waals surface area contributed by atoms with E-state index in [4.69, 9.17) is 0 Å². The monoisotopic (exact) mass is 371 g/mol. The summed E-state index contributed by atoms with van der Waals surface area (Å²) in [5, 5.41) is 2.42. The summed E-state index contributed by atoms with van der Waals surface area (Å²) < 4.78 is 0. The van der Waals surface area contributed by atoms with Gasteiger partial charge in [0.2, 0.25) is 0 Å². The lowest BCUT2D eigenvalue weighted by atomic mass is 10.0. The molecule has 0 aliphatic heterocycles. The highest BCUT2D eigenvalue weighted by molar-refractivity contribution is 5.98. The van der Waals surface area contributed by atoms with Crippen LogP contribution in [0.1, 0.15) is 40.2 Å². The number of aromatic nitrogens is 2. The summed E-state index contributed by atoms with van der Waals surface area (Å²) in [5.74, 6) is 0.0663. The fraction of sp³-hybridized carbons (Fsp3) is 0.292. The number of carbonyl (C=O) groups excluding carboxylic acids is 1. The molecule has 2 aromatic heterocycles. The van der Waals surface area contributed by atoms with Crippen molar-refractivity contribution in [3.8, 4) is 0 Å². The first kappa shape index (κ1) is 17.1. The zero-order chi connectivity index (χ0) is 19.3. The SMILES string of the molecule is Cc1ccc2[nH]c3c(c2c1)CCCC(N(C)C(=O)c1cc2ccccc2[nH]1)C3. The van der Waals surface area contributed by atoms with Crippen molar-refractivity contribution >= 4 is 27.7 Å². The van der Waals surface area contributed by atoms with Crippen LogP contribution in [0, 0.1) is 6.92 Å². The number of aryl methyl sites for hydroxylation is 2. The summed E-state index contributed by atoms with van der Waals surface area (Å²) in [7, 11) is 1.94. The van der Waals surface area contributed by atoms with Crippen LogP contribution in [0.2, 0.25) is 0 Å². The largest absolute Gasteiger partial charge is 0.358 e. The molecule has 5 rings (SSSR count). The summed E-state index contributed by atoms with van der Waals surface area (Å²) in [6, 6.07) is 16.8. The van der Waals surface area contributed by atoms with Gasteiger partial charge in [-0.25, -0.2) is 0 Å². The summed E-state index contributed by atoms with van der Waals surface area (Å²) in [4.78, 5) is 22.0. The smallest absolute Gasteiger partial charge is 0.270 e. The number of fused-ring (bicyclic) bond motifs is 4. The van der Waals surface area contributed by atoms with E-state index in [0.717, 1.165) is 36.6 Å². The Bertz CT molecular complexity index is 1150. The minimum Gasteiger partial charge on any atom is -0.358 e. The Kier molecular flexibility index (Phi) is 4.00. The van der Waals surface area contributed by atoms with Gasteiger partial charge in [-0.2, -0.15) is 0 Å². The number of H-pyrrole nitrogens is 2. The molecule has 4 aromatic rings. The van der Waals surface area contributed by atoms with Crippen molar-refractivity contribution in [2.24, 2.45) is 0 Å². The van der Waals surface area contributed by atoms with E-state index in [-0.39, 0.29) is 11.9 Å². The molecule has 142 valence electrons. The van der Waals surface area contributed by atoms with Gasteiger partial charge in [0.1, 0.15) is 5.69 Å². The molecule has 2 aromatic carbocycles. The van der Waals surface area contributed by atoms with Crippen molar-refractivity contribution in [1.29, 1.82) is 0 Å². The average molecular weight is 371 g/mol. The lowest BCUT2D eigenvalue weighted by Crippen LogP contribution is -2.38. The standard InChI is InChI=1S/C24H25N3O/c1-15-10-11-21-19(12-15)18-8-5-7-17(14-22(18)26-21)27(2)24(28)23-13-16-6-3-4-9-20(16)25-23/h3-4,6,9-13,17,25-26H,5,7-8,14H2,1-2H3. The predicted molar refractivity (Wildman–Crippen MR) is 114 cm³/mol. The topological polar surface area (TPSA) is 51.9 Å². The predicted octanol–water partition coefficient (Wildman–Crippen LogP) is 4.98. The number of hydrogen-bond acceptors (Lipinski definition) is 1. The van der Waals surface area contributed by atoms with Gasteiger partial charge < -0.3 is 14.9 Å². The van der Waals surface area contributed by atoms with Crippen LogP contribution >= 0.6 is 0 Å². The van der Waals surface area contributed by atoms with Crippen molar-refractivity contribution in [2.45, 2.75) is 38.6 Å². The van der Waals surface area contributed by atoms with Gasteiger partial charge in [-0.1, -0.05) is 29.8 Å². The minimum absolute atomic E-state index is 0.0663. The van der Waals surface area contributed by atoms with Crippen LogP contribution in [0.25, 0.3) is 21.8 Å². The second-order valence-corrected chi connectivity index (χ2v) is 8.07. The molecule has 1 aliphatic rings. The van der Waals surface area contributed by atoms with E-state index < -0.39 is 0 Å². The van der Waals surface area contributed by atoms with Crippen molar-refractivity contribution in [3.05, 3.63) is 71.0 Å². The van der Waals surface area contributed by atoms with Crippen molar-refractivity contribution in [1.82, 2.24) is 14.9 Å². The first-order valence-corrected chi connectivity index (χ1v) is 10.0. The number of nitrogens with zero attached hydrogens (tertiary/aromatic N) is 1. The van der Waals surface area contributed by atoms with E-state index in [9.17, 15) is 4.79 Å². The van der Waals surface area contributed by atoms with E-state index in [1.165, 1.54) is 27.7 Å². The molecule has 0 spiro atoms. The zero-order valence-electron chi connectivity index (χ0n) is 16.4. The molecule has 0 saturated carbocycles. The van der Waals surface area contributed by atoms with E-state index in [2.05, 4.69) is 35.1 Å². The third kappa shape index (κ3) is 2.80. The number of rotatable bonds is 2. The Morgan fingerprint density at radius 3 is 2.79 bits per heavy atom. The van der Waals surface area contributed by atoms with E-state index >= 15 is 0 Å². The molecular formula is C24H25N3O. The third-order valence-electron chi connectivity index (χ3n) is 6.18. The number of para-hydroxylation sites is 1. The Hall–Kier alpha value is -3.01. The number of hydrogen-bond donors (Lipinski definition) is 2. The van der Waals surface area contributed by atoms with Crippen LogP contribution in [0.3, 0.4) is 0 Å². The van der Waals surface area contributed by atoms with E-state index in [1.54, 1.807) is 0 Å². The zero-order valence-corrected chi connectivity index (χ0v) is 16.4. The maximum atomic E-state index is 13.1. The average Bonchev–Trinajstić information content (AvgIpc) is 3.21. The van der Waals surface area contributed by atoms with Gasteiger partial charge in [-0.3, -0.25) is 4.79 Å². The first-order valence-electron chi connectivity index (χ1n) is 10.0. The number of benzene rings is 2. The number of aromatic amines is 2. The number of likely N-dealkylation sites (N-methyl/N-ethyl adjacent to an activating group) is 1. The lowest BCUT2D eigenvalue weighted by Gasteiger charge is -2.26. The lowest BCUT2D eigenvalue weighted by molar-refractivity contribution is 0.0718. The van der Waals surface area contributed by atoms with Crippen molar-refractivity contribution in [2.75, 3.05) is 7.05 Å². The van der Waals surface area contributed by atoms with E-state index in [0.29, 0.717) is 5.69 Å². The molecule has 2 heterocycles. The van der Waals surface area contributed by atoms with Gasteiger partial charge in [0.15, 0.2) is 0 Å². The normalized spacial score (nSPS) is 16.9.